The molecule has 0 amide bonds. The second-order valence-corrected chi connectivity index (χ2v) is 4.95. The van der Waals surface area contributed by atoms with E-state index in [1.165, 1.54) is 0 Å². The van der Waals surface area contributed by atoms with Gasteiger partial charge < -0.3 is 15.8 Å². The van der Waals surface area contributed by atoms with Crippen LogP contribution < -0.4 is 11.1 Å². The normalized spacial score (nSPS) is 11.7. The third kappa shape index (κ3) is 2.71. The molecule has 0 unspecified atom stereocenters. The Morgan fingerprint density at radius 1 is 1.33 bits per heavy atom. The van der Waals surface area contributed by atoms with E-state index >= 15 is 0 Å². The van der Waals surface area contributed by atoms with Gasteiger partial charge in [0.2, 0.25) is 0 Å². The maximum absolute atomic E-state index is 5.76. The zero-order valence-corrected chi connectivity index (χ0v) is 11.0. The van der Waals surface area contributed by atoms with Crippen molar-refractivity contribution in [2.75, 3.05) is 24.7 Å². The summed E-state index contributed by atoms with van der Waals surface area (Å²) in [5.74, 6) is 0. The van der Waals surface area contributed by atoms with Gasteiger partial charge in [-0.25, -0.2) is 0 Å². The van der Waals surface area contributed by atoms with Gasteiger partial charge in [0, 0.05) is 36.6 Å². The van der Waals surface area contributed by atoms with Gasteiger partial charge in [-0.15, -0.1) is 0 Å². The van der Waals surface area contributed by atoms with E-state index in [0.717, 1.165) is 28.8 Å². The SMILES string of the molecule is COC(C)(C)CNc1ccnc2cc(N)ccc12. The highest BCUT2D eigenvalue weighted by atomic mass is 16.5. The molecule has 0 atom stereocenters. The summed E-state index contributed by atoms with van der Waals surface area (Å²) in [6, 6.07) is 7.71. The van der Waals surface area contributed by atoms with E-state index in [9.17, 15) is 0 Å². The first-order valence-corrected chi connectivity index (χ1v) is 5.95. The number of hydrogen-bond acceptors (Lipinski definition) is 4. The molecule has 2 rings (SSSR count). The van der Waals surface area contributed by atoms with Crippen molar-refractivity contribution < 1.29 is 4.74 Å². The molecule has 18 heavy (non-hydrogen) atoms. The molecule has 0 aliphatic carbocycles. The number of fused-ring (bicyclic) bond motifs is 1. The minimum atomic E-state index is -0.205. The van der Waals surface area contributed by atoms with E-state index in [4.69, 9.17) is 10.5 Å². The van der Waals surface area contributed by atoms with Crippen molar-refractivity contribution in [3.8, 4) is 0 Å². The molecule has 1 aromatic carbocycles. The van der Waals surface area contributed by atoms with Crippen LogP contribution in [-0.2, 0) is 4.74 Å². The van der Waals surface area contributed by atoms with Gasteiger partial charge in [-0.2, -0.15) is 0 Å². The molecule has 4 heteroatoms. The van der Waals surface area contributed by atoms with Crippen molar-refractivity contribution in [3.05, 3.63) is 30.5 Å². The predicted molar refractivity (Wildman–Crippen MR) is 75.7 cm³/mol. The van der Waals surface area contributed by atoms with E-state index < -0.39 is 0 Å². The first kappa shape index (κ1) is 12.6. The molecule has 0 saturated heterocycles. The molecule has 0 saturated carbocycles. The van der Waals surface area contributed by atoms with Crippen LogP contribution in [-0.4, -0.2) is 24.2 Å². The van der Waals surface area contributed by atoms with Gasteiger partial charge in [0.1, 0.15) is 0 Å². The number of nitrogen functional groups attached to an aromatic ring is 1. The van der Waals surface area contributed by atoms with E-state index in [1.54, 1.807) is 13.3 Å². The summed E-state index contributed by atoms with van der Waals surface area (Å²) in [7, 11) is 1.72. The van der Waals surface area contributed by atoms with E-state index in [1.807, 2.05) is 38.1 Å². The number of hydrogen-bond donors (Lipinski definition) is 2. The lowest BCUT2D eigenvalue weighted by Gasteiger charge is -2.24. The molecule has 2 aromatic rings. The Balaban J connectivity index is 2.29. The molecule has 1 aromatic heterocycles. The van der Waals surface area contributed by atoms with Crippen LogP contribution in [0.3, 0.4) is 0 Å². The second kappa shape index (κ2) is 4.82. The van der Waals surface area contributed by atoms with Gasteiger partial charge >= 0.3 is 0 Å². The van der Waals surface area contributed by atoms with Crippen LogP contribution in [0.1, 0.15) is 13.8 Å². The summed E-state index contributed by atoms with van der Waals surface area (Å²) < 4.78 is 5.39. The second-order valence-electron chi connectivity index (χ2n) is 4.95. The van der Waals surface area contributed by atoms with Gasteiger partial charge in [-0.3, -0.25) is 4.98 Å². The average Bonchev–Trinajstić information content (AvgIpc) is 2.36. The summed E-state index contributed by atoms with van der Waals surface area (Å²) in [5, 5.41) is 4.46. The first-order chi connectivity index (χ1) is 8.52. The van der Waals surface area contributed by atoms with Crippen LogP contribution in [0.2, 0.25) is 0 Å². The summed E-state index contributed by atoms with van der Waals surface area (Å²) in [6.07, 6.45) is 1.78. The van der Waals surface area contributed by atoms with Crippen molar-refractivity contribution in [2.24, 2.45) is 0 Å². The Kier molecular flexibility index (Phi) is 3.39. The van der Waals surface area contributed by atoms with Gasteiger partial charge in [0.05, 0.1) is 11.1 Å². The highest BCUT2D eigenvalue weighted by molar-refractivity contribution is 5.92. The fraction of sp³-hybridized carbons (Fsp3) is 0.357. The van der Waals surface area contributed by atoms with Gasteiger partial charge in [0.15, 0.2) is 0 Å². The fourth-order valence-corrected chi connectivity index (χ4v) is 1.70. The van der Waals surface area contributed by atoms with Gasteiger partial charge in [0.25, 0.3) is 0 Å². The minimum absolute atomic E-state index is 0.205. The number of pyridine rings is 1. The highest BCUT2D eigenvalue weighted by Crippen LogP contribution is 2.24. The maximum atomic E-state index is 5.76. The average molecular weight is 245 g/mol. The van der Waals surface area contributed by atoms with Crippen LogP contribution in [0.25, 0.3) is 10.9 Å². The third-order valence-electron chi connectivity index (χ3n) is 3.02. The molecule has 0 aliphatic rings. The minimum Gasteiger partial charge on any atom is -0.399 e. The molecular weight excluding hydrogens is 226 g/mol. The molecular formula is C14H19N3O. The number of rotatable bonds is 4. The first-order valence-electron chi connectivity index (χ1n) is 5.95. The highest BCUT2D eigenvalue weighted by Gasteiger charge is 2.16. The summed E-state index contributed by atoms with van der Waals surface area (Å²) in [4.78, 5) is 4.32. The molecule has 96 valence electrons. The molecule has 0 spiro atoms. The fourth-order valence-electron chi connectivity index (χ4n) is 1.70. The number of methoxy groups -OCH3 is 1. The molecule has 0 fully saturated rings. The van der Waals surface area contributed by atoms with Crippen LogP contribution in [0.15, 0.2) is 30.5 Å². The topological polar surface area (TPSA) is 60.2 Å². The Labute approximate surface area is 107 Å². The Bertz CT molecular complexity index is 552. The van der Waals surface area contributed by atoms with Crippen molar-refractivity contribution >= 4 is 22.3 Å². The molecule has 0 radical (unpaired) electrons. The Morgan fingerprint density at radius 2 is 2.11 bits per heavy atom. The zero-order chi connectivity index (χ0) is 13.2. The van der Waals surface area contributed by atoms with Gasteiger partial charge in [-0.1, -0.05) is 0 Å². The quantitative estimate of drug-likeness (QED) is 0.813. The van der Waals surface area contributed by atoms with Crippen LogP contribution in [0.4, 0.5) is 11.4 Å². The molecule has 4 nitrogen and oxygen atoms in total. The van der Waals surface area contributed by atoms with Crippen molar-refractivity contribution in [3.63, 3.8) is 0 Å². The zero-order valence-electron chi connectivity index (χ0n) is 11.0. The smallest absolute Gasteiger partial charge is 0.0794 e. The lowest BCUT2D eigenvalue weighted by atomic mass is 10.1. The van der Waals surface area contributed by atoms with Crippen LogP contribution in [0.5, 0.6) is 0 Å². The van der Waals surface area contributed by atoms with E-state index in [-0.39, 0.29) is 5.60 Å². The maximum Gasteiger partial charge on any atom is 0.0794 e. The molecule has 0 bridgehead atoms. The monoisotopic (exact) mass is 245 g/mol. The lowest BCUT2D eigenvalue weighted by molar-refractivity contribution is 0.0344. The number of nitrogens with one attached hydrogen (secondary N) is 1. The summed E-state index contributed by atoms with van der Waals surface area (Å²) >= 11 is 0. The molecule has 3 N–H and O–H groups in total. The Hall–Kier alpha value is -1.81. The van der Waals surface area contributed by atoms with Crippen molar-refractivity contribution in [1.29, 1.82) is 0 Å². The standard InChI is InChI=1S/C14H19N3O/c1-14(2,18-3)9-17-12-6-7-16-13-8-10(15)4-5-11(12)13/h4-8H,9,15H2,1-3H3,(H,16,17). The number of aromatic nitrogens is 1. The molecule has 1 heterocycles. The number of nitrogens with two attached hydrogens (primary N) is 1. The van der Waals surface area contributed by atoms with E-state index in [2.05, 4.69) is 10.3 Å². The Morgan fingerprint density at radius 3 is 2.83 bits per heavy atom. The summed E-state index contributed by atoms with van der Waals surface area (Å²) in [6.45, 7) is 4.82. The lowest BCUT2D eigenvalue weighted by Crippen LogP contribution is -2.32. The third-order valence-corrected chi connectivity index (χ3v) is 3.02. The van der Waals surface area contributed by atoms with Crippen LogP contribution >= 0.6 is 0 Å². The molecule has 0 aliphatic heterocycles. The summed E-state index contributed by atoms with van der Waals surface area (Å²) in [5.41, 5.74) is 8.22. The predicted octanol–water partition coefficient (Wildman–Crippen LogP) is 2.65. The largest absolute Gasteiger partial charge is 0.399 e. The van der Waals surface area contributed by atoms with Crippen molar-refractivity contribution in [2.45, 2.75) is 19.4 Å². The van der Waals surface area contributed by atoms with Crippen LogP contribution in [0, 0.1) is 0 Å². The number of ether oxygens (including phenoxy) is 1. The number of benzene rings is 1. The van der Waals surface area contributed by atoms with Crippen molar-refractivity contribution in [1.82, 2.24) is 4.98 Å². The number of anilines is 2. The van der Waals surface area contributed by atoms with E-state index in [0.29, 0.717) is 0 Å². The number of nitrogens with zero attached hydrogens (tertiary/aromatic N) is 1. The van der Waals surface area contributed by atoms with Gasteiger partial charge in [-0.05, 0) is 38.1 Å².